The third-order valence-corrected chi connectivity index (χ3v) is 7.44. The van der Waals surface area contributed by atoms with Gasteiger partial charge in [-0.25, -0.2) is 0 Å². The van der Waals surface area contributed by atoms with E-state index in [1.54, 1.807) is 0 Å². The van der Waals surface area contributed by atoms with E-state index in [0.29, 0.717) is 23.7 Å². The van der Waals surface area contributed by atoms with Gasteiger partial charge in [0, 0.05) is 23.7 Å². The van der Waals surface area contributed by atoms with Gasteiger partial charge in [-0.3, -0.25) is 4.79 Å². The summed E-state index contributed by atoms with van der Waals surface area (Å²) < 4.78 is 0. The molecule has 10 atom stereocenters. The van der Waals surface area contributed by atoms with Crippen molar-refractivity contribution in [2.75, 3.05) is 0 Å². The van der Waals surface area contributed by atoms with Gasteiger partial charge < -0.3 is 10.4 Å². The number of carbonyl (C=O) groups excluding carboxylic acids is 1. The van der Waals surface area contributed by atoms with Crippen molar-refractivity contribution in [3.63, 3.8) is 0 Å². The number of nitriles is 1. The standard InChI is InChI=1S/C13H12N2O2/c14-2-12-7-3-1-4-6-5(3)9(12)10(6)13(17,8(4)7)11(16)15-12/h3-10,17H,1H2,(H,15,16). The number of hydrogen-bond donors (Lipinski definition) is 2. The van der Waals surface area contributed by atoms with Gasteiger partial charge in [-0.05, 0) is 30.1 Å². The van der Waals surface area contributed by atoms with Crippen molar-refractivity contribution in [2.45, 2.75) is 17.6 Å². The van der Waals surface area contributed by atoms with Gasteiger partial charge >= 0.3 is 0 Å². The van der Waals surface area contributed by atoms with E-state index in [4.69, 9.17) is 0 Å². The van der Waals surface area contributed by atoms with Gasteiger partial charge in [0.2, 0.25) is 0 Å². The van der Waals surface area contributed by atoms with E-state index < -0.39 is 11.1 Å². The Morgan fingerprint density at radius 2 is 1.94 bits per heavy atom. The maximum absolute atomic E-state index is 12.2. The minimum absolute atomic E-state index is 0.103. The highest BCUT2D eigenvalue weighted by molar-refractivity contribution is 5.92. The third-order valence-electron chi connectivity index (χ3n) is 7.44. The van der Waals surface area contributed by atoms with E-state index in [0.717, 1.165) is 0 Å². The van der Waals surface area contributed by atoms with Gasteiger partial charge in [0.1, 0.15) is 11.1 Å². The van der Waals surface area contributed by atoms with Crippen molar-refractivity contribution < 1.29 is 9.90 Å². The molecule has 0 aromatic rings. The molecule has 5 aliphatic carbocycles. The monoisotopic (exact) mass is 228 g/mol. The first-order valence-corrected chi connectivity index (χ1v) is 6.62. The first kappa shape index (κ1) is 8.10. The molecule has 5 saturated carbocycles. The lowest BCUT2D eigenvalue weighted by Gasteiger charge is -2.61. The maximum Gasteiger partial charge on any atom is 0.253 e. The van der Waals surface area contributed by atoms with Crippen LogP contribution in [0.1, 0.15) is 6.42 Å². The second kappa shape index (κ2) is 1.73. The summed E-state index contributed by atoms with van der Waals surface area (Å²) in [6.07, 6.45) is 1.17. The Morgan fingerprint density at radius 1 is 1.24 bits per heavy atom. The van der Waals surface area contributed by atoms with Crippen molar-refractivity contribution in [3.8, 4) is 6.07 Å². The fourth-order valence-electron chi connectivity index (χ4n) is 7.60. The van der Waals surface area contributed by atoms with Crippen LogP contribution in [0, 0.1) is 58.7 Å². The third kappa shape index (κ3) is 0.421. The molecule has 4 bridgehead atoms. The van der Waals surface area contributed by atoms with Crippen LogP contribution in [-0.2, 0) is 4.79 Å². The Hall–Kier alpha value is -1.08. The zero-order valence-electron chi connectivity index (χ0n) is 9.13. The fraction of sp³-hybridized carbons (Fsp3) is 0.846. The van der Waals surface area contributed by atoms with E-state index in [1.807, 2.05) is 0 Å². The average molecular weight is 228 g/mol. The van der Waals surface area contributed by atoms with Crippen LogP contribution in [-0.4, -0.2) is 22.2 Å². The second-order valence-electron chi connectivity index (χ2n) is 7.08. The quantitative estimate of drug-likeness (QED) is 0.587. The molecule has 2 saturated heterocycles. The van der Waals surface area contributed by atoms with E-state index >= 15 is 0 Å². The molecule has 10 unspecified atom stereocenters. The van der Waals surface area contributed by atoms with Gasteiger partial charge in [-0.1, -0.05) is 0 Å². The van der Waals surface area contributed by atoms with E-state index in [9.17, 15) is 15.2 Å². The molecule has 4 heteroatoms. The lowest BCUT2D eigenvalue weighted by atomic mass is 9.48. The highest BCUT2D eigenvalue weighted by atomic mass is 16.3. The molecule has 17 heavy (non-hydrogen) atoms. The highest BCUT2D eigenvalue weighted by Gasteiger charge is 2.95. The van der Waals surface area contributed by atoms with Crippen molar-refractivity contribution >= 4 is 5.91 Å². The van der Waals surface area contributed by atoms with E-state index in [-0.39, 0.29) is 29.6 Å². The fourth-order valence-corrected chi connectivity index (χ4v) is 7.60. The molecular formula is C13H12N2O2. The summed E-state index contributed by atoms with van der Waals surface area (Å²) in [6, 6.07) is 2.45. The molecular weight excluding hydrogens is 216 g/mol. The lowest BCUT2D eigenvalue weighted by molar-refractivity contribution is -0.200. The van der Waals surface area contributed by atoms with Crippen LogP contribution >= 0.6 is 0 Å². The molecule has 7 aliphatic rings. The molecule has 7 fully saturated rings. The molecule has 0 radical (unpaired) electrons. The summed E-state index contributed by atoms with van der Waals surface area (Å²) in [4.78, 5) is 12.2. The van der Waals surface area contributed by atoms with Crippen LogP contribution in [0.3, 0.4) is 0 Å². The number of fused-ring (bicyclic) bond motifs is 1. The molecule has 2 aliphatic heterocycles. The first-order chi connectivity index (χ1) is 8.16. The second-order valence-corrected chi connectivity index (χ2v) is 7.08. The van der Waals surface area contributed by atoms with Gasteiger partial charge in [0.25, 0.3) is 5.91 Å². The Balaban J connectivity index is 1.77. The lowest BCUT2D eigenvalue weighted by Crippen LogP contribution is -2.79. The summed E-state index contributed by atoms with van der Waals surface area (Å²) in [5, 5.41) is 23.4. The summed E-state index contributed by atoms with van der Waals surface area (Å²) >= 11 is 0. The molecule has 2 heterocycles. The first-order valence-electron chi connectivity index (χ1n) is 6.62. The molecule has 0 aromatic heterocycles. The molecule has 86 valence electrons. The summed E-state index contributed by atoms with van der Waals surface area (Å²) in [5.74, 6) is 2.86. The zero-order valence-corrected chi connectivity index (χ0v) is 9.13. The Morgan fingerprint density at radius 3 is 2.71 bits per heavy atom. The number of nitrogens with zero attached hydrogens (tertiary/aromatic N) is 1. The molecule has 2 N–H and O–H groups in total. The molecule has 0 aromatic carbocycles. The van der Waals surface area contributed by atoms with Gasteiger partial charge in [-0.15, -0.1) is 0 Å². The van der Waals surface area contributed by atoms with Crippen molar-refractivity contribution in [2.24, 2.45) is 47.3 Å². The summed E-state index contributed by atoms with van der Waals surface area (Å²) in [5.41, 5.74) is -1.71. The van der Waals surface area contributed by atoms with Gasteiger partial charge in [0.15, 0.2) is 0 Å². The molecule has 7 rings (SSSR count). The van der Waals surface area contributed by atoms with Gasteiger partial charge in [-0.2, -0.15) is 5.26 Å². The summed E-state index contributed by atoms with van der Waals surface area (Å²) in [7, 11) is 0. The minimum Gasteiger partial charge on any atom is -0.379 e. The maximum atomic E-state index is 12.2. The Kier molecular flexibility index (Phi) is 0.822. The van der Waals surface area contributed by atoms with Crippen LogP contribution < -0.4 is 5.32 Å². The zero-order chi connectivity index (χ0) is 11.3. The van der Waals surface area contributed by atoms with Crippen LogP contribution in [0.2, 0.25) is 0 Å². The van der Waals surface area contributed by atoms with Crippen molar-refractivity contribution in [1.29, 1.82) is 5.26 Å². The highest BCUT2D eigenvalue weighted by Crippen LogP contribution is 2.88. The van der Waals surface area contributed by atoms with E-state index in [2.05, 4.69) is 11.4 Å². The largest absolute Gasteiger partial charge is 0.379 e. The smallest absolute Gasteiger partial charge is 0.253 e. The number of hydrogen-bond acceptors (Lipinski definition) is 3. The van der Waals surface area contributed by atoms with E-state index in [1.165, 1.54) is 6.42 Å². The predicted molar refractivity (Wildman–Crippen MR) is 54.0 cm³/mol. The van der Waals surface area contributed by atoms with Gasteiger partial charge in [0.05, 0.1) is 6.07 Å². The van der Waals surface area contributed by atoms with Crippen molar-refractivity contribution in [3.05, 3.63) is 0 Å². The molecule has 0 spiro atoms. The summed E-state index contributed by atoms with van der Waals surface area (Å²) in [6.45, 7) is 0. The predicted octanol–water partition coefficient (Wildman–Crippen LogP) is -0.503. The van der Waals surface area contributed by atoms with Crippen LogP contribution in [0.4, 0.5) is 0 Å². The normalized spacial score (nSPS) is 78.5. The van der Waals surface area contributed by atoms with Crippen LogP contribution in [0.15, 0.2) is 0 Å². The Labute approximate surface area is 98.0 Å². The topological polar surface area (TPSA) is 73.1 Å². The number of aliphatic hydroxyl groups is 1. The number of nitrogens with one attached hydrogen (secondary N) is 1. The molecule has 4 nitrogen and oxygen atoms in total. The van der Waals surface area contributed by atoms with Crippen LogP contribution in [0.25, 0.3) is 0 Å². The van der Waals surface area contributed by atoms with Crippen LogP contribution in [0.5, 0.6) is 0 Å². The average Bonchev–Trinajstić information content (AvgIpc) is 2.79. The number of carbonyl (C=O) groups is 1. The number of amides is 1. The van der Waals surface area contributed by atoms with Crippen molar-refractivity contribution in [1.82, 2.24) is 5.32 Å². The molecule has 1 amide bonds. The Bertz CT molecular complexity index is 568. The minimum atomic E-state index is -1.11. The number of piperidine rings is 2. The number of rotatable bonds is 0. The SMILES string of the molecule is N#CC12NC(=O)C3(O)C4C5CC(C6C5C3C61)C42.